The molecule has 0 saturated carbocycles. The van der Waals surface area contributed by atoms with Crippen LogP contribution in [0, 0.1) is 0 Å². The molecule has 0 heterocycles. The smallest absolute Gasteiger partial charge is 0.167 e. The summed E-state index contributed by atoms with van der Waals surface area (Å²) < 4.78 is 9.80. The Balaban J connectivity index is 0.000000240. The number of ether oxygens (including phenoxy) is 2. The number of aromatic hydroxyl groups is 2. The first-order valence-corrected chi connectivity index (χ1v) is 7.06. The number of phenols is 2. The molecule has 2 rings (SSSR count). The highest BCUT2D eigenvalue weighted by molar-refractivity contribution is 5.99. The molecule has 2 aromatic rings. The second kappa shape index (κ2) is 8.57. The van der Waals surface area contributed by atoms with Crippen LogP contribution in [0.1, 0.15) is 34.6 Å². The number of rotatable bonds is 4. The van der Waals surface area contributed by atoms with Crippen molar-refractivity contribution in [1.29, 1.82) is 0 Å². The largest absolute Gasteiger partial charge is 0.507 e. The molecule has 0 spiro atoms. The molecule has 6 heteroatoms. The fourth-order valence-electron chi connectivity index (χ4n) is 1.97. The van der Waals surface area contributed by atoms with Gasteiger partial charge in [-0.3, -0.25) is 9.59 Å². The Labute approximate surface area is 140 Å². The molecule has 0 atom stereocenters. The van der Waals surface area contributed by atoms with Gasteiger partial charge in [0, 0.05) is 0 Å². The molecule has 0 fully saturated rings. The molecule has 2 aromatic carbocycles. The average Bonchev–Trinajstić information content (AvgIpc) is 2.55. The highest BCUT2D eigenvalue weighted by Crippen LogP contribution is 2.27. The third kappa shape index (κ3) is 4.74. The van der Waals surface area contributed by atoms with E-state index in [1.54, 1.807) is 18.2 Å². The summed E-state index contributed by atoms with van der Waals surface area (Å²) in [6, 6.07) is 9.27. The Morgan fingerprint density at radius 1 is 0.875 bits per heavy atom. The Bertz CT molecular complexity index is 736. The number of hydrogen-bond acceptors (Lipinski definition) is 6. The topological polar surface area (TPSA) is 93.1 Å². The summed E-state index contributed by atoms with van der Waals surface area (Å²) >= 11 is 0. The molecule has 6 nitrogen and oxygen atoms in total. The van der Waals surface area contributed by atoms with Gasteiger partial charge in [-0.05, 0) is 44.2 Å². The summed E-state index contributed by atoms with van der Waals surface area (Å²) in [5.74, 6) is 0.544. The number of carbonyl (C=O) groups excluding carboxylic acids is 2. The van der Waals surface area contributed by atoms with E-state index in [1.807, 2.05) is 0 Å². The van der Waals surface area contributed by atoms with Crippen LogP contribution in [0.3, 0.4) is 0 Å². The van der Waals surface area contributed by atoms with Crippen molar-refractivity contribution in [2.45, 2.75) is 13.8 Å². The van der Waals surface area contributed by atoms with Crippen molar-refractivity contribution in [2.24, 2.45) is 0 Å². The molecule has 0 aliphatic heterocycles. The molecular formula is C18H20O6. The predicted octanol–water partition coefficient (Wildman–Crippen LogP) is 3.21. The van der Waals surface area contributed by atoms with Crippen molar-refractivity contribution in [3.63, 3.8) is 0 Å². The minimum absolute atomic E-state index is 0.0108. The zero-order chi connectivity index (χ0) is 18.3. The van der Waals surface area contributed by atoms with E-state index in [4.69, 9.17) is 9.47 Å². The minimum atomic E-state index is -0.204. The molecule has 0 amide bonds. The first kappa shape index (κ1) is 19.0. The Morgan fingerprint density at radius 2 is 1.54 bits per heavy atom. The van der Waals surface area contributed by atoms with Crippen LogP contribution in [0.25, 0.3) is 0 Å². The summed E-state index contributed by atoms with van der Waals surface area (Å²) in [6.45, 7) is 2.78. The standard InChI is InChI=1S/2C9H10O3/c1-6(10)8-5-7(12-2)3-4-9(8)11;1-6(10)9-7(11)4-3-5-8(9)12-2/h2*3-5,11H,1-2H3. The lowest BCUT2D eigenvalue weighted by Crippen LogP contribution is -1.97. The van der Waals surface area contributed by atoms with Gasteiger partial charge >= 0.3 is 0 Å². The monoisotopic (exact) mass is 332 g/mol. The number of methoxy groups -OCH3 is 2. The fourth-order valence-corrected chi connectivity index (χ4v) is 1.97. The number of phenolic OH excluding ortho intramolecular Hbond substituents is 2. The van der Waals surface area contributed by atoms with Crippen LogP contribution in [0.2, 0.25) is 0 Å². The summed E-state index contributed by atoms with van der Waals surface area (Å²) in [5, 5.41) is 18.5. The number of benzene rings is 2. The van der Waals surface area contributed by atoms with Gasteiger partial charge in [-0.2, -0.15) is 0 Å². The van der Waals surface area contributed by atoms with Gasteiger partial charge in [-0.15, -0.1) is 0 Å². The molecule has 0 bridgehead atoms. The summed E-state index contributed by atoms with van der Waals surface area (Å²) in [4.78, 5) is 21.9. The third-order valence-corrected chi connectivity index (χ3v) is 3.16. The zero-order valence-corrected chi connectivity index (χ0v) is 14.0. The molecule has 0 aliphatic carbocycles. The molecule has 0 radical (unpaired) electrons. The number of hydrogen-bond donors (Lipinski definition) is 2. The Hall–Kier alpha value is -3.02. The lowest BCUT2D eigenvalue weighted by atomic mass is 10.1. The van der Waals surface area contributed by atoms with E-state index >= 15 is 0 Å². The van der Waals surface area contributed by atoms with Crippen molar-refractivity contribution < 1.29 is 29.3 Å². The highest BCUT2D eigenvalue weighted by atomic mass is 16.5. The van der Waals surface area contributed by atoms with Crippen LogP contribution in [-0.4, -0.2) is 36.0 Å². The minimum Gasteiger partial charge on any atom is -0.507 e. The van der Waals surface area contributed by atoms with Gasteiger partial charge < -0.3 is 19.7 Å². The van der Waals surface area contributed by atoms with Crippen molar-refractivity contribution in [2.75, 3.05) is 14.2 Å². The summed E-state index contributed by atoms with van der Waals surface area (Å²) in [5.41, 5.74) is 0.523. The van der Waals surface area contributed by atoms with Gasteiger partial charge in [-0.25, -0.2) is 0 Å². The molecule has 24 heavy (non-hydrogen) atoms. The maximum absolute atomic E-state index is 11.0. The van der Waals surface area contributed by atoms with E-state index in [2.05, 4.69) is 0 Å². The number of Topliss-reactive ketones (excluding diaryl/α,β-unsaturated/α-hetero) is 2. The summed E-state index contributed by atoms with van der Waals surface area (Å²) in [7, 11) is 2.97. The third-order valence-electron chi connectivity index (χ3n) is 3.16. The van der Waals surface area contributed by atoms with Crippen molar-refractivity contribution in [3.8, 4) is 23.0 Å². The molecule has 0 saturated heterocycles. The predicted molar refractivity (Wildman–Crippen MR) is 89.3 cm³/mol. The van der Waals surface area contributed by atoms with Crippen LogP contribution in [-0.2, 0) is 0 Å². The van der Waals surface area contributed by atoms with E-state index in [9.17, 15) is 19.8 Å². The lowest BCUT2D eigenvalue weighted by Gasteiger charge is -2.06. The molecule has 128 valence electrons. The Kier molecular flexibility index (Phi) is 6.79. The molecule has 0 aromatic heterocycles. The van der Waals surface area contributed by atoms with E-state index in [-0.39, 0.29) is 34.2 Å². The second-order valence-electron chi connectivity index (χ2n) is 4.85. The van der Waals surface area contributed by atoms with Crippen LogP contribution in [0.4, 0.5) is 0 Å². The quantitative estimate of drug-likeness (QED) is 0.835. The average molecular weight is 332 g/mol. The van der Waals surface area contributed by atoms with Gasteiger partial charge in [0.25, 0.3) is 0 Å². The zero-order valence-electron chi connectivity index (χ0n) is 14.0. The first-order valence-electron chi connectivity index (χ1n) is 7.06. The molecule has 0 aliphatic rings. The molecule has 0 unspecified atom stereocenters. The maximum atomic E-state index is 11.0. The van der Waals surface area contributed by atoms with Crippen LogP contribution in [0.15, 0.2) is 36.4 Å². The normalized spacial score (nSPS) is 9.50. The van der Waals surface area contributed by atoms with Gasteiger partial charge in [-0.1, -0.05) is 6.07 Å². The number of ketones is 2. The molecular weight excluding hydrogens is 312 g/mol. The maximum Gasteiger partial charge on any atom is 0.167 e. The van der Waals surface area contributed by atoms with Crippen LogP contribution < -0.4 is 9.47 Å². The van der Waals surface area contributed by atoms with Crippen molar-refractivity contribution >= 4 is 11.6 Å². The van der Waals surface area contributed by atoms with Gasteiger partial charge in [0.15, 0.2) is 11.6 Å². The van der Waals surface area contributed by atoms with Gasteiger partial charge in [0.1, 0.15) is 28.6 Å². The van der Waals surface area contributed by atoms with Crippen LogP contribution >= 0.6 is 0 Å². The van der Waals surface area contributed by atoms with E-state index < -0.39 is 0 Å². The van der Waals surface area contributed by atoms with E-state index in [0.29, 0.717) is 11.5 Å². The van der Waals surface area contributed by atoms with Crippen LogP contribution in [0.5, 0.6) is 23.0 Å². The van der Waals surface area contributed by atoms with Gasteiger partial charge in [0.2, 0.25) is 0 Å². The lowest BCUT2D eigenvalue weighted by molar-refractivity contribution is 0.1000. The second-order valence-corrected chi connectivity index (χ2v) is 4.85. The van der Waals surface area contributed by atoms with E-state index in [0.717, 1.165) is 0 Å². The fraction of sp³-hybridized carbons (Fsp3) is 0.222. The SMILES string of the molecule is COc1ccc(O)c(C(C)=O)c1.COc1cccc(O)c1C(C)=O. The highest BCUT2D eigenvalue weighted by Gasteiger charge is 2.11. The first-order chi connectivity index (χ1) is 11.3. The number of carbonyl (C=O) groups is 2. The summed E-state index contributed by atoms with van der Waals surface area (Å²) in [6.07, 6.45) is 0. The molecule has 2 N–H and O–H groups in total. The van der Waals surface area contributed by atoms with E-state index in [1.165, 1.54) is 46.3 Å². The van der Waals surface area contributed by atoms with Gasteiger partial charge in [0.05, 0.1) is 19.8 Å². The Morgan fingerprint density at radius 3 is 2.00 bits per heavy atom. The van der Waals surface area contributed by atoms with Crippen molar-refractivity contribution in [1.82, 2.24) is 0 Å². The van der Waals surface area contributed by atoms with Crippen molar-refractivity contribution in [3.05, 3.63) is 47.5 Å².